The first kappa shape index (κ1) is 16.6. The fourth-order valence-electron chi connectivity index (χ4n) is 2.63. The van der Waals surface area contributed by atoms with Crippen LogP contribution in [0.3, 0.4) is 0 Å². The first-order valence-electron chi connectivity index (χ1n) is 7.78. The number of rotatable bonds is 4. The minimum absolute atomic E-state index is 0.119. The Hall–Kier alpha value is -2.90. The number of nitrogens with one attached hydrogen (secondary N) is 1. The molecular weight excluding hydrogens is 328 g/mol. The molecule has 4 aromatic rings. The molecule has 0 saturated heterocycles. The Morgan fingerprint density at radius 2 is 1.92 bits per heavy atom. The number of halogens is 1. The van der Waals surface area contributed by atoms with E-state index >= 15 is 0 Å². The topological polar surface area (TPSA) is 72.3 Å². The Labute approximate surface area is 152 Å². The first-order chi connectivity index (χ1) is 12.4. The van der Waals surface area contributed by atoms with Crippen molar-refractivity contribution < 1.29 is 4.39 Å². The number of fused-ring (bicyclic) bond motifs is 1. The van der Waals surface area contributed by atoms with Crippen LogP contribution in [-0.4, -0.2) is 53.5 Å². The molecule has 0 amide bonds. The molecule has 6 nitrogen and oxygen atoms in total. The Morgan fingerprint density at radius 3 is 2.65 bits per heavy atom. The Morgan fingerprint density at radius 1 is 1.12 bits per heavy atom. The Balaban J connectivity index is 1.82. The van der Waals surface area contributed by atoms with Gasteiger partial charge in [-0.25, -0.2) is 19.0 Å². The Bertz CT molecular complexity index is 1080. The fraction of sp³-hybridized carbons (Fsp3) is 0.125. The van der Waals surface area contributed by atoms with Crippen LogP contribution in [0.1, 0.15) is 11.4 Å². The van der Waals surface area contributed by atoms with Gasteiger partial charge in [0, 0.05) is 11.8 Å². The molecule has 0 unspecified atom stereocenters. The lowest BCUT2D eigenvalue weighted by molar-refractivity contribution is 0.589. The molecule has 0 aliphatic rings. The maximum Gasteiger partial charge on any atom is 0.202 e. The molecule has 3 aromatic heterocycles. The highest BCUT2D eigenvalue weighted by atomic mass is 19.1. The average Bonchev–Trinajstić information content (AvgIpc) is 3.22. The lowest BCUT2D eigenvalue weighted by atomic mass is 9.42. The van der Waals surface area contributed by atoms with E-state index < -0.39 is 5.11 Å². The second-order valence-corrected chi connectivity index (χ2v) is 5.91. The second-order valence-electron chi connectivity index (χ2n) is 5.91. The third-order valence-corrected chi connectivity index (χ3v) is 3.89. The molecule has 1 aromatic carbocycles. The van der Waals surface area contributed by atoms with Crippen molar-refractivity contribution in [3.8, 4) is 11.5 Å². The standard InChI is InChI=1S/C16H10B3FN6/c17-16(18,19)15-22-13(23-24-15)12-10-5-3-7-21-14(10)26(25-12)8-9-4-1-2-6-11(9)20/h1-7H,8H2,(H,22,23,24). The van der Waals surface area contributed by atoms with Crippen LogP contribution in [0.2, 0.25) is 0 Å². The van der Waals surface area contributed by atoms with Crippen LogP contribution in [0.15, 0.2) is 42.6 Å². The highest BCUT2D eigenvalue weighted by Gasteiger charge is 2.21. The summed E-state index contributed by atoms with van der Waals surface area (Å²) in [4.78, 5) is 8.57. The highest BCUT2D eigenvalue weighted by molar-refractivity contribution is 6.58. The summed E-state index contributed by atoms with van der Waals surface area (Å²) in [6.45, 7) is 0.214. The summed E-state index contributed by atoms with van der Waals surface area (Å²) in [6.07, 6.45) is 1.64. The van der Waals surface area contributed by atoms with Gasteiger partial charge >= 0.3 is 0 Å². The highest BCUT2D eigenvalue weighted by Crippen LogP contribution is 2.25. The summed E-state index contributed by atoms with van der Waals surface area (Å²) in [5.74, 6) is 0.0807. The van der Waals surface area contributed by atoms with Gasteiger partial charge in [0.05, 0.1) is 35.5 Å². The molecule has 120 valence electrons. The van der Waals surface area contributed by atoms with Gasteiger partial charge in [0.1, 0.15) is 17.3 Å². The van der Waals surface area contributed by atoms with Crippen LogP contribution < -0.4 is 0 Å². The van der Waals surface area contributed by atoms with Gasteiger partial charge < -0.3 is 0 Å². The van der Waals surface area contributed by atoms with Crippen LogP contribution in [0.5, 0.6) is 0 Å². The summed E-state index contributed by atoms with van der Waals surface area (Å²) in [6, 6.07) is 10.1. The molecular formula is C16H10B3FN6. The number of pyridine rings is 1. The third-order valence-electron chi connectivity index (χ3n) is 3.89. The fourth-order valence-corrected chi connectivity index (χ4v) is 2.63. The van der Waals surface area contributed by atoms with Gasteiger partial charge in [-0.05, 0) is 18.2 Å². The molecule has 0 atom stereocenters. The van der Waals surface area contributed by atoms with Crippen LogP contribution in [0.25, 0.3) is 22.6 Å². The molecule has 0 bridgehead atoms. The predicted octanol–water partition coefficient (Wildman–Crippen LogP) is 1.02. The van der Waals surface area contributed by atoms with Gasteiger partial charge in [0.25, 0.3) is 0 Å². The summed E-state index contributed by atoms with van der Waals surface area (Å²) < 4.78 is 15.6. The van der Waals surface area contributed by atoms with Crippen LogP contribution >= 0.6 is 0 Å². The molecule has 6 radical (unpaired) electrons. The first-order valence-corrected chi connectivity index (χ1v) is 7.78. The lowest BCUT2D eigenvalue weighted by Gasteiger charge is -2.14. The number of benzene rings is 1. The van der Waals surface area contributed by atoms with Crippen LogP contribution in [-0.2, 0) is 11.7 Å². The van der Waals surface area contributed by atoms with Crippen molar-refractivity contribution in [2.45, 2.75) is 11.7 Å². The monoisotopic (exact) mass is 338 g/mol. The molecule has 26 heavy (non-hydrogen) atoms. The van der Waals surface area contributed by atoms with Crippen molar-refractivity contribution in [2.24, 2.45) is 0 Å². The van der Waals surface area contributed by atoms with E-state index in [2.05, 4.69) is 25.3 Å². The summed E-state index contributed by atoms with van der Waals surface area (Å²) in [7, 11) is 16.9. The number of aromatic amines is 1. The van der Waals surface area contributed by atoms with Crippen LogP contribution in [0, 0.1) is 5.82 Å². The van der Waals surface area contributed by atoms with Crippen molar-refractivity contribution >= 4 is 34.6 Å². The average molecular weight is 338 g/mol. The predicted molar refractivity (Wildman–Crippen MR) is 97.3 cm³/mol. The molecule has 0 fully saturated rings. The number of nitrogens with zero attached hydrogens (tertiary/aromatic N) is 5. The summed E-state index contributed by atoms with van der Waals surface area (Å²) >= 11 is 0. The van der Waals surface area contributed by atoms with E-state index in [1.807, 2.05) is 6.07 Å². The minimum atomic E-state index is -1.64. The number of H-pyrrole nitrogens is 1. The zero-order valence-electron chi connectivity index (χ0n) is 13.6. The van der Waals surface area contributed by atoms with Gasteiger partial charge in [-0.3, -0.25) is 5.10 Å². The van der Waals surface area contributed by atoms with Crippen molar-refractivity contribution in [1.82, 2.24) is 29.9 Å². The maximum absolute atomic E-state index is 14.0. The van der Waals surface area contributed by atoms with E-state index in [0.717, 1.165) is 0 Å². The SMILES string of the molecule is [B]C([B])([B])c1nc(-c2nn(Cc3ccccc3F)c3ncccc23)n[nH]1. The van der Waals surface area contributed by atoms with Crippen molar-refractivity contribution in [2.75, 3.05) is 0 Å². The largest absolute Gasteiger partial charge is 0.264 e. The minimum Gasteiger partial charge on any atom is -0.264 e. The smallest absolute Gasteiger partial charge is 0.202 e. The Kier molecular flexibility index (Phi) is 3.90. The second kappa shape index (κ2) is 6.12. The van der Waals surface area contributed by atoms with Crippen molar-refractivity contribution in [3.05, 3.63) is 59.8 Å². The molecule has 10 heteroatoms. The van der Waals surface area contributed by atoms with Gasteiger partial charge in [0.15, 0.2) is 5.65 Å². The molecule has 1 N–H and O–H groups in total. The van der Waals surface area contributed by atoms with Gasteiger partial charge in [-0.15, -0.1) is 0 Å². The molecule has 0 spiro atoms. The summed E-state index contributed by atoms with van der Waals surface area (Å²) in [5.41, 5.74) is 1.54. The van der Waals surface area contributed by atoms with Gasteiger partial charge in [-0.1, -0.05) is 23.3 Å². The van der Waals surface area contributed by atoms with E-state index in [-0.39, 0.29) is 24.0 Å². The van der Waals surface area contributed by atoms with Crippen molar-refractivity contribution in [3.63, 3.8) is 0 Å². The maximum atomic E-state index is 14.0. The van der Waals surface area contributed by atoms with E-state index in [4.69, 9.17) is 23.5 Å². The molecule has 4 rings (SSSR count). The molecule has 0 saturated carbocycles. The normalized spacial score (nSPS) is 11.9. The lowest BCUT2D eigenvalue weighted by Crippen LogP contribution is -2.28. The van der Waals surface area contributed by atoms with E-state index in [1.54, 1.807) is 35.1 Å². The van der Waals surface area contributed by atoms with E-state index in [0.29, 0.717) is 22.3 Å². The zero-order valence-corrected chi connectivity index (χ0v) is 13.6. The number of hydrogen-bond donors (Lipinski definition) is 1. The van der Waals surface area contributed by atoms with Crippen molar-refractivity contribution in [1.29, 1.82) is 0 Å². The third kappa shape index (κ3) is 2.91. The molecule has 0 aliphatic carbocycles. The number of hydrogen-bond acceptors (Lipinski definition) is 4. The summed E-state index contributed by atoms with van der Waals surface area (Å²) in [5, 5.41) is 10.3. The van der Waals surface area contributed by atoms with Gasteiger partial charge in [-0.2, -0.15) is 10.2 Å². The van der Waals surface area contributed by atoms with E-state index in [9.17, 15) is 4.39 Å². The number of aromatic nitrogens is 6. The molecule has 3 heterocycles. The zero-order chi connectivity index (χ0) is 18.3. The molecule has 0 aliphatic heterocycles. The quantitative estimate of drug-likeness (QED) is 0.564. The van der Waals surface area contributed by atoms with Gasteiger partial charge in [0.2, 0.25) is 5.82 Å². The van der Waals surface area contributed by atoms with Crippen LogP contribution in [0.4, 0.5) is 4.39 Å². The van der Waals surface area contributed by atoms with E-state index in [1.165, 1.54) is 6.07 Å².